The summed E-state index contributed by atoms with van der Waals surface area (Å²) in [5.74, 6) is 0.833. The van der Waals surface area contributed by atoms with E-state index in [0.29, 0.717) is 0 Å². The Hall–Kier alpha value is -2.07. The van der Waals surface area contributed by atoms with Crippen molar-refractivity contribution in [2.75, 3.05) is 0 Å². The largest absolute Gasteiger partial charge is 0.322 e. The third-order valence-electron chi connectivity index (χ3n) is 3.09. The van der Waals surface area contributed by atoms with Crippen LogP contribution in [0.2, 0.25) is 0 Å². The van der Waals surface area contributed by atoms with Gasteiger partial charge in [0, 0.05) is 19.0 Å². The van der Waals surface area contributed by atoms with Crippen LogP contribution >= 0.6 is 11.8 Å². The summed E-state index contributed by atoms with van der Waals surface area (Å²) < 4.78 is 2.13. The Kier molecular flexibility index (Phi) is 3.83. The smallest absolute Gasteiger partial charge is 0.168 e. The molecular formula is C16H15N3S. The first-order valence-corrected chi connectivity index (χ1v) is 7.43. The van der Waals surface area contributed by atoms with Gasteiger partial charge in [-0.2, -0.15) is 0 Å². The molecule has 0 spiro atoms. The van der Waals surface area contributed by atoms with E-state index in [1.165, 1.54) is 5.56 Å². The minimum Gasteiger partial charge on any atom is -0.322 e. The summed E-state index contributed by atoms with van der Waals surface area (Å²) in [4.78, 5) is 8.84. The van der Waals surface area contributed by atoms with Gasteiger partial charge in [-0.05, 0) is 17.7 Å². The maximum atomic E-state index is 4.51. The maximum Gasteiger partial charge on any atom is 0.168 e. The molecule has 2 heterocycles. The van der Waals surface area contributed by atoms with Gasteiger partial charge in [-0.3, -0.25) is 4.98 Å². The molecule has 3 aromatic rings. The number of nitrogens with zero attached hydrogens (tertiary/aromatic N) is 3. The van der Waals surface area contributed by atoms with Crippen LogP contribution in [0.4, 0.5) is 0 Å². The molecule has 0 fully saturated rings. The molecule has 3 rings (SSSR count). The highest BCUT2D eigenvalue weighted by Gasteiger charge is 2.09. The molecule has 0 bridgehead atoms. The van der Waals surface area contributed by atoms with Crippen molar-refractivity contribution < 1.29 is 0 Å². The van der Waals surface area contributed by atoms with Gasteiger partial charge in [0.05, 0.1) is 17.6 Å². The second-order valence-electron chi connectivity index (χ2n) is 4.46. The van der Waals surface area contributed by atoms with E-state index in [1.54, 1.807) is 11.8 Å². The third kappa shape index (κ3) is 2.75. The molecule has 3 nitrogen and oxygen atoms in total. The van der Waals surface area contributed by atoms with E-state index in [1.807, 2.05) is 48.8 Å². The van der Waals surface area contributed by atoms with Gasteiger partial charge in [-0.15, -0.1) is 0 Å². The average Bonchev–Trinajstić information content (AvgIpc) is 2.88. The molecule has 0 aliphatic rings. The Bertz CT molecular complexity index is 677. The van der Waals surface area contributed by atoms with E-state index in [-0.39, 0.29) is 0 Å². The minimum absolute atomic E-state index is 0.833. The van der Waals surface area contributed by atoms with Gasteiger partial charge in [0.1, 0.15) is 0 Å². The summed E-state index contributed by atoms with van der Waals surface area (Å²) in [6.07, 6.45) is 3.75. The van der Waals surface area contributed by atoms with Crippen LogP contribution in [0.1, 0.15) is 5.69 Å². The fourth-order valence-corrected chi connectivity index (χ4v) is 2.89. The van der Waals surface area contributed by atoms with E-state index >= 15 is 0 Å². The van der Waals surface area contributed by atoms with Gasteiger partial charge < -0.3 is 4.57 Å². The highest BCUT2D eigenvalue weighted by atomic mass is 32.2. The predicted molar refractivity (Wildman–Crippen MR) is 82.4 cm³/mol. The van der Waals surface area contributed by atoms with Crippen LogP contribution in [0.5, 0.6) is 0 Å². The van der Waals surface area contributed by atoms with Crippen molar-refractivity contribution in [3.05, 3.63) is 66.6 Å². The molecule has 100 valence electrons. The lowest BCUT2D eigenvalue weighted by atomic mass is 10.2. The lowest BCUT2D eigenvalue weighted by Gasteiger charge is -2.05. The van der Waals surface area contributed by atoms with Gasteiger partial charge in [0.25, 0.3) is 0 Å². The summed E-state index contributed by atoms with van der Waals surface area (Å²) in [5, 5.41) is 1.01. The lowest BCUT2D eigenvalue weighted by Crippen LogP contribution is -1.95. The van der Waals surface area contributed by atoms with Crippen molar-refractivity contribution in [2.45, 2.75) is 10.9 Å². The number of rotatable bonds is 4. The molecule has 0 amide bonds. The van der Waals surface area contributed by atoms with Crippen molar-refractivity contribution >= 4 is 11.8 Å². The van der Waals surface area contributed by atoms with E-state index in [2.05, 4.69) is 33.7 Å². The standard InChI is InChI=1S/C16H15N3S/c1-19-15(13-7-3-2-4-8-13)11-18-16(19)20-12-14-9-5-6-10-17-14/h2-11H,12H2,1H3. The number of aromatic nitrogens is 3. The van der Waals surface area contributed by atoms with E-state index in [9.17, 15) is 0 Å². The number of hydrogen-bond donors (Lipinski definition) is 0. The molecule has 0 atom stereocenters. The number of pyridine rings is 1. The second-order valence-corrected chi connectivity index (χ2v) is 5.40. The molecule has 1 aromatic carbocycles. The summed E-state index contributed by atoms with van der Waals surface area (Å²) in [7, 11) is 2.05. The first kappa shape index (κ1) is 12.9. The zero-order valence-corrected chi connectivity index (χ0v) is 12.0. The van der Waals surface area contributed by atoms with Crippen LogP contribution in [0, 0.1) is 0 Å². The van der Waals surface area contributed by atoms with Crippen LogP contribution in [0.3, 0.4) is 0 Å². The Morgan fingerprint density at radius 2 is 1.80 bits per heavy atom. The normalized spacial score (nSPS) is 10.7. The van der Waals surface area contributed by atoms with E-state index < -0.39 is 0 Å². The summed E-state index contributed by atoms with van der Waals surface area (Å²) in [5.41, 5.74) is 3.39. The van der Waals surface area contributed by atoms with Crippen molar-refractivity contribution in [1.29, 1.82) is 0 Å². The maximum absolute atomic E-state index is 4.51. The summed E-state index contributed by atoms with van der Waals surface area (Å²) in [6.45, 7) is 0. The fraction of sp³-hybridized carbons (Fsp3) is 0.125. The first-order chi connectivity index (χ1) is 9.84. The molecule has 0 saturated heterocycles. The van der Waals surface area contributed by atoms with Gasteiger partial charge in [0.2, 0.25) is 0 Å². The molecule has 0 aliphatic carbocycles. The molecule has 0 radical (unpaired) electrons. The minimum atomic E-state index is 0.833. The quantitative estimate of drug-likeness (QED) is 0.682. The van der Waals surface area contributed by atoms with Gasteiger partial charge in [-0.1, -0.05) is 48.2 Å². The van der Waals surface area contributed by atoms with Gasteiger partial charge >= 0.3 is 0 Å². The Labute approximate surface area is 122 Å². The zero-order chi connectivity index (χ0) is 13.8. The van der Waals surface area contributed by atoms with Crippen molar-refractivity contribution in [2.24, 2.45) is 7.05 Å². The molecule has 4 heteroatoms. The highest BCUT2D eigenvalue weighted by molar-refractivity contribution is 7.98. The van der Waals surface area contributed by atoms with Crippen LogP contribution < -0.4 is 0 Å². The highest BCUT2D eigenvalue weighted by Crippen LogP contribution is 2.26. The van der Waals surface area contributed by atoms with Crippen molar-refractivity contribution in [1.82, 2.24) is 14.5 Å². The molecule has 0 aliphatic heterocycles. The molecular weight excluding hydrogens is 266 g/mol. The molecule has 0 unspecified atom stereocenters. The number of benzene rings is 1. The lowest BCUT2D eigenvalue weighted by molar-refractivity contribution is 0.796. The predicted octanol–water partition coefficient (Wildman–Crippen LogP) is 3.77. The molecule has 20 heavy (non-hydrogen) atoms. The van der Waals surface area contributed by atoms with Crippen LogP contribution in [-0.2, 0) is 12.8 Å². The van der Waals surface area contributed by atoms with Crippen LogP contribution in [0.25, 0.3) is 11.3 Å². The molecule has 0 saturated carbocycles. The Morgan fingerprint density at radius 3 is 2.55 bits per heavy atom. The van der Waals surface area contributed by atoms with Gasteiger partial charge in [0.15, 0.2) is 5.16 Å². The van der Waals surface area contributed by atoms with Gasteiger partial charge in [-0.25, -0.2) is 4.98 Å². The number of imidazole rings is 1. The monoisotopic (exact) mass is 281 g/mol. The average molecular weight is 281 g/mol. The van der Waals surface area contributed by atoms with Crippen molar-refractivity contribution in [3.8, 4) is 11.3 Å². The second kappa shape index (κ2) is 5.92. The third-order valence-corrected chi connectivity index (χ3v) is 4.17. The molecule has 0 N–H and O–H groups in total. The zero-order valence-electron chi connectivity index (χ0n) is 11.2. The molecule has 2 aromatic heterocycles. The SMILES string of the molecule is Cn1c(-c2ccccc2)cnc1SCc1ccccn1. The number of thioether (sulfide) groups is 1. The number of hydrogen-bond acceptors (Lipinski definition) is 3. The van der Waals surface area contributed by atoms with Crippen LogP contribution in [0.15, 0.2) is 66.1 Å². The van der Waals surface area contributed by atoms with E-state index in [4.69, 9.17) is 0 Å². The first-order valence-electron chi connectivity index (χ1n) is 6.44. The topological polar surface area (TPSA) is 30.7 Å². The summed E-state index contributed by atoms with van der Waals surface area (Å²) >= 11 is 1.70. The fourth-order valence-electron chi connectivity index (χ4n) is 2.03. The summed E-state index contributed by atoms with van der Waals surface area (Å²) in [6, 6.07) is 16.3. The van der Waals surface area contributed by atoms with Crippen molar-refractivity contribution in [3.63, 3.8) is 0 Å². The van der Waals surface area contributed by atoms with E-state index in [0.717, 1.165) is 22.3 Å². The van der Waals surface area contributed by atoms with Crippen LogP contribution in [-0.4, -0.2) is 14.5 Å². The Balaban J connectivity index is 1.78. The Morgan fingerprint density at radius 1 is 1.00 bits per heavy atom.